The Labute approximate surface area is 153 Å². The molecule has 2 N–H and O–H groups in total. The van der Waals surface area contributed by atoms with Gasteiger partial charge in [-0.1, -0.05) is 19.9 Å². The third-order valence-electron chi connectivity index (χ3n) is 4.80. The van der Waals surface area contributed by atoms with Crippen LogP contribution in [0.3, 0.4) is 0 Å². The van der Waals surface area contributed by atoms with Gasteiger partial charge in [0, 0.05) is 23.9 Å². The molecule has 0 bridgehead atoms. The zero-order valence-electron chi connectivity index (χ0n) is 15.3. The normalized spacial score (nSPS) is 11.0. The predicted molar refractivity (Wildman–Crippen MR) is 99.2 cm³/mol. The van der Waals surface area contributed by atoms with E-state index in [0.717, 1.165) is 0 Å². The van der Waals surface area contributed by atoms with Gasteiger partial charge in [0.15, 0.2) is 0 Å². The van der Waals surface area contributed by atoms with Gasteiger partial charge in [0.05, 0.1) is 18.2 Å². The number of ether oxygens (including phenoxy) is 1. The minimum atomic E-state index is -0.952. The molecule has 0 saturated heterocycles. The Morgan fingerprint density at radius 3 is 2.46 bits per heavy atom. The third-order valence-corrected chi connectivity index (χ3v) is 4.80. The van der Waals surface area contributed by atoms with E-state index in [2.05, 4.69) is 10.3 Å². The summed E-state index contributed by atoms with van der Waals surface area (Å²) in [7, 11) is 1.56. The maximum absolute atomic E-state index is 12.6. The van der Waals surface area contributed by atoms with Crippen LogP contribution in [0.4, 0.5) is 0 Å². The number of carboxylic acid groups (broad SMARTS) is 1. The summed E-state index contributed by atoms with van der Waals surface area (Å²) in [6.45, 7) is 3.71. The van der Waals surface area contributed by atoms with Gasteiger partial charge < -0.3 is 15.2 Å². The predicted octanol–water partition coefficient (Wildman–Crippen LogP) is 3.38. The van der Waals surface area contributed by atoms with Crippen LogP contribution in [-0.4, -0.2) is 35.6 Å². The van der Waals surface area contributed by atoms with Crippen molar-refractivity contribution in [2.45, 2.75) is 26.7 Å². The highest BCUT2D eigenvalue weighted by Gasteiger charge is 2.35. The molecule has 0 aliphatic heterocycles. The molecule has 0 unspecified atom stereocenters. The number of amides is 1. The van der Waals surface area contributed by atoms with Gasteiger partial charge in [-0.2, -0.15) is 0 Å². The van der Waals surface area contributed by atoms with Crippen LogP contribution >= 0.6 is 0 Å². The minimum absolute atomic E-state index is 0.0825. The number of methoxy groups -OCH3 is 1. The van der Waals surface area contributed by atoms with Gasteiger partial charge in [-0.25, -0.2) is 0 Å². The summed E-state index contributed by atoms with van der Waals surface area (Å²) in [5.41, 5.74) is 0.876. The lowest BCUT2D eigenvalue weighted by molar-refractivity contribution is -0.149. The molecule has 6 nitrogen and oxygen atoms in total. The first kappa shape index (κ1) is 19.4. The number of carbonyl (C=O) groups is 2. The van der Waals surface area contributed by atoms with E-state index in [1.165, 1.54) is 0 Å². The number of hydrogen-bond acceptors (Lipinski definition) is 4. The molecule has 1 heterocycles. The van der Waals surface area contributed by atoms with Crippen LogP contribution in [0.2, 0.25) is 0 Å². The highest BCUT2D eigenvalue weighted by molar-refractivity contribution is 5.96. The van der Waals surface area contributed by atoms with E-state index in [0.29, 0.717) is 35.4 Å². The first-order valence-electron chi connectivity index (χ1n) is 8.58. The Kier molecular flexibility index (Phi) is 6.33. The van der Waals surface area contributed by atoms with Gasteiger partial charge in [0.2, 0.25) is 0 Å². The Morgan fingerprint density at radius 2 is 1.92 bits per heavy atom. The molecule has 0 spiro atoms. The Morgan fingerprint density at radius 1 is 1.19 bits per heavy atom. The molecule has 138 valence electrons. The second kappa shape index (κ2) is 8.47. The van der Waals surface area contributed by atoms with Gasteiger partial charge in [0.1, 0.15) is 5.75 Å². The van der Waals surface area contributed by atoms with E-state index in [-0.39, 0.29) is 12.5 Å². The number of aliphatic carboxylic acids is 1. The molecule has 0 saturated carbocycles. The molecule has 0 fully saturated rings. The van der Waals surface area contributed by atoms with Crippen molar-refractivity contribution in [3.63, 3.8) is 0 Å². The Hall–Kier alpha value is -2.89. The Balaban J connectivity index is 2.26. The van der Waals surface area contributed by atoms with E-state index in [1.54, 1.807) is 31.5 Å². The van der Waals surface area contributed by atoms with Crippen molar-refractivity contribution in [3.05, 3.63) is 48.2 Å². The van der Waals surface area contributed by atoms with Crippen molar-refractivity contribution in [2.75, 3.05) is 13.7 Å². The van der Waals surface area contributed by atoms with E-state index >= 15 is 0 Å². The molecule has 0 atom stereocenters. The van der Waals surface area contributed by atoms with Crippen molar-refractivity contribution >= 4 is 11.9 Å². The molecule has 0 aliphatic carbocycles. The summed E-state index contributed by atoms with van der Waals surface area (Å²) in [6.07, 6.45) is 2.56. The number of hydrogen-bond donors (Lipinski definition) is 2. The fraction of sp³-hybridized carbons (Fsp3) is 0.350. The monoisotopic (exact) mass is 356 g/mol. The molecule has 26 heavy (non-hydrogen) atoms. The fourth-order valence-corrected chi connectivity index (χ4v) is 2.80. The summed E-state index contributed by atoms with van der Waals surface area (Å²) in [5, 5.41) is 12.3. The van der Waals surface area contributed by atoms with Gasteiger partial charge >= 0.3 is 5.97 Å². The number of rotatable bonds is 8. The molecule has 2 aromatic rings. The maximum atomic E-state index is 12.6. The smallest absolute Gasteiger partial charge is 0.311 e. The van der Waals surface area contributed by atoms with Gasteiger partial charge in [-0.15, -0.1) is 0 Å². The molecular weight excluding hydrogens is 332 g/mol. The zero-order chi connectivity index (χ0) is 19.2. The highest BCUT2D eigenvalue weighted by atomic mass is 16.5. The highest BCUT2D eigenvalue weighted by Crippen LogP contribution is 2.30. The number of carboxylic acids is 1. The second-order valence-corrected chi connectivity index (χ2v) is 6.11. The Bertz CT molecular complexity index is 771. The molecule has 1 aromatic heterocycles. The lowest BCUT2D eigenvalue weighted by Gasteiger charge is -2.26. The van der Waals surface area contributed by atoms with Crippen molar-refractivity contribution < 1.29 is 19.4 Å². The summed E-state index contributed by atoms with van der Waals surface area (Å²) in [5.74, 6) is -0.605. The van der Waals surface area contributed by atoms with Crippen LogP contribution in [0.15, 0.2) is 42.6 Å². The van der Waals surface area contributed by atoms with Crippen LogP contribution in [0, 0.1) is 5.41 Å². The van der Waals surface area contributed by atoms with Gasteiger partial charge in [-0.3, -0.25) is 14.6 Å². The van der Waals surface area contributed by atoms with Crippen molar-refractivity contribution in [2.24, 2.45) is 5.41 Å². The van der Waals surface area contributed by atoms with Gasteiger partial charge in [-0.05, 0) is 43.2 Å². The lowest BCUT2D eigenvalue weighted by Crippen LogP contribution is -2.42. The van der Waals surface area contributed by atoms with Crippen molar-refractivity contribution in [1.29, 1.82) is 0 Å². The zero-order valence-corrected chi connectivity index (χ0v) is 15.3. The number of carbonyl (C=O) groups excluding carboxylic acids is 1. The summed E-state index contributed by atoms with van der Waals surface area (Å²) in [4.78, 5) is 28.4. The summed E-state index contributed by atoms with van der Waals surface area (Å²) in [6, 6.07) is 10.6. The number of benzene rings is 1. The molecule has 0 aliphatic rings. The van der Waals surface area contributed by atoms with E-state index in [9.17, 15) is 14.7 Å². The second-order valence-electron chi connectivity index (χ2n) is 6.11. The third kappa shape index (κ3) is 4.02. The molecule has 1 amide bonds. The van der Waals surface area contributed by atoms with Crippen molar-refractivity contribution in [3.8, 4) is 17.0 Å². The largest absolute Gasteiger partial charge is 0.496 e. The maximum Gasteiger partial charge on any atom is 0.311 e. The fourth-order valence-electron chi connectivity index (χ4n) is 2.80. The average Bonchev–Trinajstić information content (AvgIpc) is 2.68. The standard InChI is InChI=1S/C20H24N2O4/c1-4-20(5-2,19(24)25)13-22-18(23)14-9-10-17(26-3)15(12-14)16-8-6-7-11-21-16/h6-12H,4-5,13H2,1-3H3,(H,22,23)(H,24,25). The topological polar surface area (TPSA) is 88.5 Å². The first-order chi connectivity index (χ1) is 12.5. The molecule has 2 rings (SSSR count). The van der Waals surface area contributed by atoms with Crippen LogP contribution in [0.25, 0.3) is 11.3 Å². The number of pyridine rings is 1. The van der Waals surface area contributed by atoms with E-state index < -0.39 is 11.4 Å². The van der Waals surface area contributed by atoms with Crippen LogP contribution < -0.4 is 10.1 Å². The molecule has 6 heteroatoms. The van der Waals surface area contributed by atoms with Crippen molar-refractivity contribution in [1.82, 2.24) is 10.3 Å². The van der Waals surface area contributed by atoms with Crippen LogP contribution in [-0.2, 0) is 4.79 Å². The average molecular weight is 356 g/mol. The molecule has 0 radical (unpaired) electrons. The lowest BCUT2D eigenvalue weighted by atomic mass is 9.82. The minimum Gasteiger partial charge on any atom is -0.496 e. The summed E-state index contributed by atoms with van der Waals surface area (Å²) >= 11 is 0. The van der Waals surface area contributed by atoms with E-state index in [1.807, 2.05) is 32.0 Å². The number of nitrogens with zero attached hydrogens (tertiary/aromatic N) is 1. The SMILES string of the molecule is CCC(CC)(CNC(=O)c1ccc(OC)c(-c2ccccn2)c1)C(=O)O. The van der Waals surface area contributed by atoms with E-state index in [4.69, 9.17) is 4.74 Å². The molecular formula is C20H24N2O4. The van der Waals surface area contributed by atoms with Gasteiger partial charge in [0.25, 0.3) is 5.91 Å². The summed E-state index contributed by atoms with van der Waals surface area (Å²) < 4.78 is 5.37. The number of nitrogens with one attached hydrogen (secondary N) is 1. The van der Waals surface area contributed by atoms with Crippen LogP contribution in [0.5, 0.6) is 5.75 Å². The quantitative estimate of drug-likeness (QED) is 0.757. The molecule has 1 aromatic carbocycles. The number of aromatic nitrogens is 1. The van der Waals surface area contributed by atoms with Crippen LogP contribution in [0.1, 0.15) is 37.0 Å². The first-order valence-corrected chi connectivity index (χ1v) is 8.58.